The minimum absolute atomic E-state index is 0.0105. The zero-order valence-electron chi connectivity index (χ0n) is 17.0. The van der Waals surface area contributed by atoms with Gasteiger partial charge in [0.1, 0.15) is 11.2 Å². The summed E-state index contributed by atoms with van der Waals surface area (Å²) in [7, 11) is 1.72. The molecule has 31 heavy (non-hydrogen) atoms. The maximum absolute atomic E-state index is 15.5. The van der Waals surface area contributed by atoms with Crippen molar-refractivity contribution in [3.8, 4) is 11.5 Å². The Hall–Kier alpha value is -3.01. The number of hydrogen-bond donors (Lipinski definition) is 2. The number of carbonyl (C=O) groups is 1. The van der Waals surface area contributed by atoms with Crippen LogP contribution in [0.5, 0.6) is 11.5 Å². The molecular formula is C21H23FN4O5. The molecule has 0 spiro atoms. The van der Waals surface area contributed by atoms with Gasteiger partial charge in [-0.1, -0.05) is 0 Å². The van der Waals surface area contributed by atoms with Gasteiger partial charge in [0, 0.05) is 25.7 Å². The van der Waals surface area contributed by atoms with Crippen LogP contribution in [0.4, 0.5) is 14.9 Å². The number of nitrogens with two attached hydrogens (primary N) is 1. The first-order valence-electron chi connectivity index (χ1n) is 10.5. The van der Waals surface area contributed by atoms with E-state index in [1.807, 2.05) is 4.90 Å². The first-order valence-corrected chi connectivity index (χ1v) is 10.5. The summed E-state index contributed by atoms with van der Waals surface area (Å²) in [6.07, 6.45) is 2.90. The summed E-state index contributed by atoms with van der Waals surface area (Å²) >= 11 is 0. The lowest BCUT2D eigenvalue weighted by Crippen LogP contribution is -2.45. The number of fused-ring (bicyclic) bond motifs is 5. The van der Waals surface area contributed by atoms with Crippen LogP contribution < -0.4 is 30.5 Å². The van der Waals surface area contributed by atoms with E-state index in [-0.39, 0.29) is 23.4 Å². The SMILES string of the molecule is CN1COc2c(N3CC4C5CCC(N)(C5)C4C3)c(F)cc3c(=O)c(OC(=O)O)cn1c23. The third-order valence-electron chi connectivity index (χ3n) is 7.73. The highest BCUT2D eigenvalue weighted by molar-refractivity contribution is 5.93. The molecule has 1 saturated heterocycles. The van der Waals surface area contributed by atoms with E-state index in [0.717, 1.165) is 25.3 Å². The van der Waals surface area contributed by atoms with E-state index in [4.69, 9.17) is 15.6 Å². The summed E-state index contributed by atoms with van der Waals surface area (Å²) in [4.78, 5) is 25.8. The van der Waals surface area contributed by atoms with E-state index in [2.05, 4.69) is 4.74 Å². The van der Waals surface area contributed by atoms with Gasteiger partial charge in [-0.2, -0.15) is 0 Å². The molecule has 2 bridgehead atoms. The van der Waals surface area contributed by atoms with Gasteiger partial charge in [-0.05, 0) is 43.1 Å². The molecule has 2 aliphatic carbocycles. The van der Waals surface area contributed by atoms with Crippen molar-refractivity contribution in [2.45, 2.75) is 24.8 Å². The Bertz CT molecular complexity index is 1200. The lowest BCUT2D eigenvalue weighted by Gasteiger charge is -2.34. The van der Waals surface area contributed by atoms with Crippen LogP contribution in [0.3, 0.4) is 0 Å². The van der Waals surface area contributed by atoms with Crippen molar-refractivity contribution >= 4 is 22.7 Å². The zero-order chi connectivity index (χ0) is 21.7. The maximum Gasteiger partial charge on any atom is 0.511 e. The number of benzene rings is 1. The third kappa shape index (κ3) is 2.45. The summed E-state index contributed by atoms with van der Waals surface area (Å²) in [6, 6.07) is 1.16. The number of pyridine rings is 1. The van der Waals surface area contributed by atoms with Crippen molar-refractivity contribution in [1.29, 1.82) is 0 Å². The molecule has 9 nitrogen and oxygen atoms in total. The number of rotatable bonds is 2. The highest BCUT2D eigenvalue weighted by Crippen LogP contribution is 2.57. The quantitative estimate of drug-likeness (QED) is 0.693. The molecule has 2 aliphatic heterocycles. The van der Waals surface area contributed by atoms with E-state index in [9.17, 15) is 9.59 Å². The Kier molecular flexibility index (Phi) is 3.64. The summed E-state index contributed by atoms with van der Waals surface area (Å²) in [5, 5.41) is 10.6. The Morgan fingerprint density at radius 3 is 2.97 bits per heavy atom. The molecule has 4 atom stereocenters. The van der Waals surface area contributed by atoms with Crippen molar-refractivity contribution in [2.24, 2.45) is 23.5 Å². The summed E-state index contributed by atoms with van der Waals surface area (Å²) in [5.74, 6) is 0.700. The van der Waals surface area contributed by atoms with Gasteiger partial charge in [0.05, 0.1) is 11.6 Å². The standard InChI is InChI=1S/C21H23FN4O5/c1-24-9-30-19-16-11(18(27)15(8-26(16)24)31-20(28)29)4-14(22)17(19)25-6-12-10-2-3-21(23,5-10)13(12)7-25/h4,8,10,12-13H,2-3,5-7,9,23H2,1H3,(H,28,29). The first-order chi connectivity index (χ1) is 14.8. The van der Waals surface area contributed by atoms with Crippen molar-refractivity contribution in [3.63, 3.8) is 0 Å². The zero-order valence-corrected chi connectivity index (χ0v) is 17.0. The van der Waals surface area contributed by atoms with Gasteiger partial charge in [0.2, 0.25) is 11.2 Å². The lowest BCUT2D eigenvalue weighted by molar-refractivity contribution is 0.143. The minimum Gasteiger partial charge on any atom is -0.467 e. The van der Waals surface area contributed by atoms with E-state index in [1.54, 1.807) is 16.7 Å². The predicted octanol–water partition coefficient (Wildman–Crippen LogP) is 1.68. The molecule has 4 aliphatic rings. The van der Waals surface area contributed by atoms with Crippen LogP contribution >= 0.6 is 0 Å². The predicted molar refractivity (Wildman–Crippen MR) is 110 cm³/mol. The first kappa shape index (κ1) is 18.7. The molecule has 164 valence electrons. The molecule has 6 rings (SSSR count). The van der Waals surface area contributed by atoms with E-state index in [0.29, 0.717) is 47.8 Å². The monoisotopic (exact) mass is 430 g/mol. The number of carboxylic acid groups (broad SMARTS) is 1. The third-order valence-corrected chi connectivity index (χ3v) is 7.73. The van der Waals surface area contributed by atoms with E-state index < -0.39 is 17.4 Å². The van der Waals surface area contributed by atoms with Crippen molar-refractivity contribution in [3.05, 3.63) is 28.3 Å². The Labute approximate surface area is 176 Å². The van der Waals surface area contributed by atoms with Gasteiger partial charge in [0.25, 0.3) is 0 Å². The number of nitrogens with zero attached hydrogens (tertiary/aromatic N) is 3. The van der Waals surface area contributed by atoms with Crippen molar-refractivity contribution in [2.75, 3.05) is 36.8 Å². The molecule has 2 saturated carbocycles. The molecule has 3 N–H and O–H groups in total. The van der Waals surface area contributed by atoms with Crippen LogP contribution in [0.1, 0.15) is 19.3 Å². The fraction of sp³-hybridized carbons (Fsp3) is 0.524. The van der Waals surface area contributed by atoms with Crippen LogP contribution in [0, 0.1) is 23.6 Å². The minimum atomic E-state index is -1.61. The number of halogens is 1. The molecule has 2 aromatic rings. The average Bonchev–Trinajstić information content (AvgIpc) is 3.38. The van der Waals surface area contributed by atoms with Gasteiger partial charge in [-0.15, -0.1) is 0 Å². The van der Waals surface area contributed by atoms with E-state index in [1.165, 1.54) is 6.20 Å². The molecule has 4 unspecified atom stereocenters. The smallest absolute Gasteiger partial charge is 0.467 e. The number of anilines is 1. The fourth-order valence-corrected chi connectivity index (χ4v) is 6.41. The van der Waals surface area contributed by atoms with Gasteiger partial charge in [-0.25, -0.2) is 9.18 Å². The summed E-state index contributed by atoms with van der Waals surface area (Å²) < 4.78 is 27.6. The number of hydrogen-bond acceptors (Lipinski definition) is 7. The van der Waals surface area contributed by atoms with Crippen LogP contribution in [0.15, 0.2) is 17.1 Å². The largest absolute Gasteiger partial charge is 0.511 e. The summed E-state index contributed by atoms with van der Waals surface area (Å²) in [5.41, 5.74) is 6.57. The van der Waals surface area contributed by atoms with Crippen molar-refractivity contribution in [1.82, 2.24) is 4.68 Å². The Morgan fingerprint density at radius 2 is 2.23 bits per heavy atom. The summed E-state index contributed by atoms with van der Waals surface area (Å²) in [6.45, 7) is 1.49. The molecule has 1 aromatic carbocycles. The second-order valence-electron chi connectivity index (χ2n) is 9.31. The van der Waals surface area contributed by atoms with Crippen LogP contribution in [-0.4, -0.2) is 48.3 Å². The fourth-order valence-electron chi connectivity index (χ4n) is 6.41. The molecule has 3 fully saturated rings. The van der Waals surface area contributed by atoms with Crippen LogP contribution in [0.25, 0.3) is 10.9 Å². The highest BCUT2D eigenvalue weighted by atomic mass is 19.1. The van der Waals surface area contributed by atoms with Gasteiger partial charge in [0.15, 0.2) is 18.3 Å². The molecule has 0 amide bonds. The number of aromatic nitrogens is 1. The van der Waals surface area contributed by atoms with Gasteiger partial charge >= 0.3 is 6.16 Å². The Balaban J connectivity index is 1.51. The molecule has 10 heteroatoms. The maximum atomic E-state index is 15.5. The molecule has 0 radical (unpaired) electrons. The normalized spacial score (nSPS) is 30.6. The Morgan fingerprint density at radius 1 is 1.42 bits per heavy atom. The van der Waals surface area contributed by atoms with Gasteiger partial charge < -0.3 is 25.2 Å². The second-order valence-corrected chi connectivity index (χ2v) is 9.31. The average molecular weight is 430 g/mol. The topological polar surface area (TPSA) is 110 Å². The second kappa shape index (κ2) is 6.03. The molecular weight excluding hydrogens is 407 g/mol. The van der Waals surface area contributed by atoms with Crippen LogP contribution in [-0.2, 0) is 0 Å². The molecule has 3 heterocycles. The highest BCUT2D eigenvalue weighted by Gasteiger charge is 2.59. The lowest BCUT2D eigenvalue weighted by atomic mass is 9.78. The molecule has 1 aromatic heterocycles. The number of ether oxygens (including phenoxy) is 2. The van der Waals surface area contributed by atoms with Crippen LogP contribution in [0.2, 0.25) is 0 Å². The van der Waals surface area contributed by atoms with Gasteiger partial charge in [-0.3, -0.25) is 14.5 Å². The van der Waals surface area contributed by atoms with E-state index >= 15 is 4.39 Å². The van der Waals surface area contributed by atoms with Crippen molar-refractivity contribution < 1.29 is 23.8 Å².